The zero-order chi connectivity index (χ0) is 15.4. The molecule has 0 aliphatic carbocycles. The molecular weight excluding hydrogens is 278 g/mol. The molecule has 0 unspecified atom stereocenters. The summed E-state index contributed by atoms with van der Waals surface area (Å²) in [6.45, 7) is 0.361. The third-order valence-electron chi connectivity index (χ3n) is 2.78. The standard InChI is InChI=1S/C12H15N5O4/c1-17-11-7(5-16-17)10(8(4-15-11)12(19)20)14-2-3-21-6-9(13)18/h4-5H,2-3,6H2,1H3,(H2,13,18)(H,14,15)(H,19,20). The molecule has 4 N–H and O–H groups in total. The summed E-state index contributed by atoms with van der Waals surface area (Å²) in [6, 6.07) is 0. The molecule has 1 amide bonds. The molecule has 0 saturated carbocycles. The van der Waals surface area contributed by atoms with E-state index in [-0.39, 0.29) is 18.8 Å². The van der Waals surface area contributed by atoms with E-state index in [2.05, 4.69) is 15.4 Å². The van der Waals surface area contributed by atoms with Gasteiger partial charge >= 0.3 is 5.97 Å². The lowest BCUT2D eigenvalue weighted by Gasteiger charge is -2.10. The number of nitrogens with two attached hydrogens (primary N) is 1. The maximum Gasteiger partial charge on any atom is 0.339 e. The van der Waals surface area contributed by atoms with Gasteiger partial charge < -0.3 is 20.9 Å². The van der Waals surface area contributed by atoms with Crippen LogP contribution in [0.2, 0.25) is 0 Å². The van der Waals surface area contributed by atoms with Crippen molar-refractivity contribution in [3.63, 3.8) is 0 Å². The van der Waals surface area contributed by atoms with Crippen molar-refractivity contribution < 1.29 is 19.4 Å². The summed E-state index contributed by atoms with van der Waals surface area (Å²) < 4.78 is 6.56. The number of carboxylic acid groups (broad SMARTS) is 1. The first kappa shape index (κ1) is 14.7. The summed E-state index contributed by atoms with van der Waals surface area (Å²) in [5.74, 6) is -1.64. The molecule has 2 aromatic rings. The Hall–Kier alpha value is -2.68. The topological polar surface area (TPSA) is 132 Å². The Balaban J connectivity index is 2.17. The number of carboxylic acids is 1. The number of primary amides is 1. The first-order chi connectivity index (χ1) is 10.0. The van der Waals surface area contributed by atoms with E-state index in [0.717, 1.165) is 0 Å². The molecule has 21 heavy (non-hydrogen) atoms. The van der Waals surface area contributed by atoms with Crippen LogP contribution in [0.25, 0.3) is 11.0 Å². The number of carbonyl (C=O) groups is 2. The second-order valence-electron chi connectivity index (χ2n) is 4.30. The molecule has 0 aliphatic heterocycles. The lowest BCUT2D eigenvalue weighted by molar-refractivity contribution is -0.122. The van der Waals surface area contributed by atoms with E-state index in [1.54, 1.807) is 17.9 Å². The predicted octanol–water partition coefficient (Wildman–Crippen LogP) is -0.420. The number of pyridine rings is 1. The van der Waals surface area contributed by atoms with Crippen LogP contribution in [0.4, 0.5) is 5.69 Å². The molecule has 0 saturated heterocycles. The number of amides is 1. The van der Waals surface area contributed by atoms with Gasteiger partial charge in [-0.1, -0.05) is 0 Å². The van der Waals surface area contributed by atoms with E-state index in [4.69, 9.17) is 10.5 Å². The van der Waals surface area contributed by atoms with E-state index >= 15 is 0 Å². The normalized spacial score (nSPS) is 10.7. The van der Waals surface area contributed by atoms with Gasteiger partial charge in [0.25, 0.3) is 0 Å². The lowest BCUT2D eigenvalue weighted by atomic mass is 10.2. The van der Waals surface area contributed by atoms with E-state index < -0.39 is 11.9 Å². The van der Waals surface area contributed by atoms with E-state index in [0.29, 0.717) is 23.3 Å². The van der Waals surface area contributed by atoms with Gasteiger partial charge in [-0.25, -0.2) is 9.78 Å². The molecular formula is C12H15N5O4. The molecule has 0 aliphatic rings. The van der Waals surface area contributed by atoms with Crippen molar-refractivity contribution in [2.24, 2.45) is 12.8 Å². The molecule has 112 valence electrons. The Morgan fingerprint density at radius 1 is 1.48 bits per heavy atom. The Morgan fingerprint density at radius 3 is 2.90 bits per heavy atom. The molecule has 2 heterocycles. The Labute approximate surface area is 119 Å². The zero-order valence-electron chi connectivity index (χ0n) is 11.4. The van der Waals surface area contributed by atoms with Crippen molar-refractivity contribution >= 4 is 28.6 Å². The molecule has 0 aromatic carbocycles. The van der Waals surface area contributed by atoms with Crippen molar-refractivity contribution in [1.82, 2.24) is 14.8 Å². The van der Waals surface area contributed by atoms with Crippen LogP contribution in [0.3, 0.4) is 0 Å². The van der Waals surface area contributed by atoms with Crippen LogP contribution in [0.5, 0.6) is 0 Å². The highest BCUT2D eigenvalue weighted by atomic mass is 16.5. The number of fused-ring (bicyclic) bond motifs is 1. The number of hydrogen-bond acceptors (Lipinski definition) is 6. The fraction of sp³-hybridized carbons (Fsp3) is 0.333. The van der Waals surface area contributed by atoms with Gasteiger partial charge in [-0.2, -0.15) is 5.10 Å². The van der Waals surface area contributed by atoms with Gasteiger partial charge in [-0.05, 0) is 0 Å². The molecule has 0 atom stereocenters. The third kappa shape index (κ3) is 3.26. The number of nitrogens with zero attached hydrogens (tertiary/aromatic N) is 3. The van der Waals surface area contributed by atoms with Crippen molar-refractivity contribution in [2.45, 2.75) is 0 Å². The average molecular weight is 293 g/mol. The minimum atomic E-state index is -1.09. The van der Waals surface area contributed by atoms with Gasteiger partial charge in [-0.3, -0.25) is 9.48 Å². The summed E-state index contributed by atoms with van der Waals surface area (Å²) in [4.78, 5) is 25.9. The van der Waals surface area contributed by atoms with Crippen LogP contribution >= 0.6 is 0 Å². The van der Waals surface area contributed by atoms with Crippen LogP contribution in [0, 0.1) is 0 Å². The maximum atomic E-state index is 11.3. The van der Waals surface area contributed by atoms with E-state index in [1.165, 1.54) is 6.20 Å². The van der Waals surface area contributed by atoms with Gasteiger partial charge in [0.2, 0.25) is 5.91 Å². The number of aryl methyl sites for hydroxylation is 1. The molecule has 9 heteroatoms. The first-order valence-corrected chi connectivity index (χ1v) is 6.14. The zero-order valence-corrected chi connectivity index (χ0v) is 11.4. The summed E-state index contributed by atoms with van der Waals surface area (Å²) in [5, 5.41) is 16.8. The Kier molecular flexibility index (Phi) is 4.33. The highest BCUT2D eigenvalue weighted by Crippen LogP contribution is 2.25. The molecule has 0 radical (unpaired) electrons. The molecule has 0 spiro atoms. The quantitative estimate of drug-likeness (QED) is 0.590. The Morgan fingerprint density at radius 2 is 2.24 bits per heavy atom. The number of aromatic carboxylic acids is 1. The molecule has 0 fully saturated rings. The third-order valence-corrected chi connectivity index (χ3v) is 2.78. The maximum absolute atomic E-state index is 11.3. The summed E-state index contributed by atoms with van der Waals surface area (Å²) >= 11 is 0. The van der Waals surface area contributed by atoms with Gasteiger partial charge in [0.15, 0.2) is 5.65 Å². The van der Waals surface area contributed by atoms with Gasteiger partial charge in [0.1, 0.15) is 12.2 Å². The van der Waals surface area contributed by atoms with Crippen LogP contribution in [-0.4, -0.2) is 51.5 Å². The summed E-state index contributed by atoms with van der Waals surface area (Å²) in [7, 11) is 1.72. The highest BCUT2D eigenvalue weighted by molar-refractivity contribution is 6.03. The largest absolute Gasteiger partial charge is 0.478 e. The highest BCUT2D eigenvalue weighted by Gasteiger charge is 2.16. The SMILES string of the molecule is Cn1ncc2c(NCCOCC(N)=O)c(C(=O)O)cnc21. The van der Waals surface area contributed by atoms with Crippen LogP contribution in [0.1, 0.15) is 10.4 Å². The van der Waals surface area contributed by atoms with Crippen LogP contribution in [-0.2, 0) is 16.6 Å². The van der Waals surface area contributed by atoms with Gasteiger partial charge in [-0.15, -0.1) is 0 Å². The van der Waals surface area contributed by atoms with E-state index in [9.17, 15) is 14.7 Å². The van der Waals surface area contributed by atoms with Crippen molar-refractivity contribution in [2.75, 3.05) is 25.1 Å². The number of ether oxygens (including phenoxy) is 1. The Bertz CT molecular complexity index is 682. The number of anilines is 1. The monoisotopic (exact) mass is 293 g/mol. The second-order valence-corrected chi connectivity index (χ2v) is 4.30. The van der Waals surface area contributed by atoms with Crippen molar-refractivity contribution in [3.05, 3.63) is 18.0 Å². The molecule has 0 bridgehead atoms. The van der Waals surface area contributed by atoms with Gasteiger partial charge in [0.05, 0.1) is 23.9 Å². The van der Waals surface area contributed by atoms with Gasteiger partial charge in [0, 0.05) is 19.8 Å². The number of aromatic nitrogens is 3. The van der Waals surface area contributed by atoms with Crippen LogP contribution < -0.4 is 11.1 Å². The number of rotatable bonds is 7. The number of hydrogen-bond donors (Lipinski definition) is 3. The molecule has 2 rings (SSSR count). The number of carbonyl (C=O) groups excluding carboxylic acids is 1. The fourth-order valence-corrected chi connectivity index (χ4v) is 1.87. The average Bonchev–Trinajstić information content (AvgIpc) is 2.80. The minimum absolute atomic E-state index is 0.0467. The lowest BCUT2D eigenvalue weighted by Crippen LogP contribution is -2.21. The first-order valence-electron chi connectivity index (χ1n) is 6.14. The van der Waals surface area contributed by atoms with Crippen molar-refractivity contribution in [1.29, 1.82) is 0 Å². The molecule has 2 aromatic heterocycles. The predicted molar refractivity (Wildman–Crippen MR) is 74.0 cm³/mol. The smallest absolute Gasteiger partial charge is 0.339 e. The van der Waals surface area contributed by atoms with E-state index in [1.807, 2.05) is 0 Å². The fourth-order valence-electron chi connectivity index (χ4n) is 1.87. The van der Waals surface area contributed by atoms with Crippen LogP contribution in [0.15, 0.2) is 12.4 Å². The minimum Gasteiger partial charge on any atom is -0.478 e. The molecule has 9 nitrogen and oxygen atoms in total. The summed E-state index contributed by atoms with van der Waals surface area (Å²) in [6.07, 6.45) is 2.82. The second kappa shape index (κ2) is 6.18. The van der Waals surface area contributed by atoms with Crippen molar-refractivity contribution in [3.8, 4) is 0 Å². The summed E-state index contributed by atoms with van der Waals surface area (Å²) in [5.41, 5.74) is 5.98. The number of nitrogens with one attached hydrogen (secondary N) is 1.